The molecule has 1 aromatic heterocycles. The number of likely N-dealkylation sites (tertiary alicyclic amines) is 1. The molecule has 6 heteroatoms. The van der Waals surface area contributed by atoms with Gasteiger partial charge in [0.05, 0.1) is 18.5 Å². The van der Waals surface area contributed by atoms with E-state index in [0.29, 0.717) is 18.9 Å². The molecule has 1 amide bonds. The van der Waals surface area contributed by atoms with Crippen molar-refractivity contribution in [3.05, 3.63) is 23.9 Å². The predicted molar refractivity (Wildman–Crippen MR) is 94.5 cm³/mol. The first-order valence-corrected chi connectivity index (χ1v) is 8.54. The zero-order chi connectivity index (χ0) is 17.5. The average molecular weight is 329 g/mol. The Bertz CT molecular complexity index is 597. The number of hydrogen-bond donors (Lipinski definition) is 1. The number of aryl methyl sites for hydroxylation is 1. The lowest BCUT2D eigenvalue weighted by Gasteiger charge is -2.27. The summed E-state index contributed by atoms with van der Waals surface area (Å²) in [5.74, 6) is 1.53. The molecular formula is C18H27N5O. The van der Waals surface area contributed by atoms with E-state index < -0.39 is 0 Å². The Labute approximate surface area is 144 Å². The number of aromatic nitrogens is 1. The van der Waals surface area contributed by atoms with Gasteiger partial charge in [-0.3, -0.25) is 9.69 Å². The van der Waals surface area contributed by atoms with Gasteiger partial charge in [0.1, 0.15) is 5.82 Å². The highest BCUT2D eigenvalue weighted by molar-refractivity contribution is 5.81. The number of carbonyl (C=O) groups excluding carboxylic acids is 1. The maximum Gasteiger partial charge on any atom is 0.239 e. The van der Waals surface area contributed by atoms with E-state index in [-0.39, 0.29) is 11.9 Å². The zero-order valence-electron chi connectivity index (χ0n) is 14.8. The van der Waals surface area contributed by atoms with Crippen molar-refractivity contribution in [3.63, 3.8) is 0 Å². The first-order valence-electron chi connectivity index (χ1n) is 8.54. The molecule has 1 aliphatic rings. The van der Waals surface area contributed by atoms with Crippen molar-refractivity contribution in [2.45, 2.75) is 32.7 Å². The second-order valence-corrected chi connectivity index (χ2v) is 6.54. The normalized spacial score (nSPS) is 18.8. The molecule has 130 valence electrons. The molecule has 6 nitrogen and oxygen atoms in total. The SMILES string of the molecule is Cc1cccc(NCC2CCN(C(C)C(=O)N(C)CCC#N)C2)n1. The van der Waals surface area contributed by atoms with E-state index in [1.54, 1.807) is 11.9 Å². The minimum Gasteiger partial charge on any atom is -0.370 e. The third kappa shape index (κ3) is 4.93. The lowest BCUT2D eigenvalue weighted by Crippen LogP contribution is -2.45. The molecule has 0 aliphatic carbocycles. The van der Waals surface area contributed by atoms with Crippen LogP contribution in [0.2, 0.25) is 0 Å². The fourth-order valence-electron chi connectivity index (χ4n) is 3.07. The molecular weight excluding hydrogens is 302 g/mol. The van der Waals surface area contributed by atoms with E-state index in [1.165, 1.54) is 0 Å². The topological polar surface area (TPSA) is 72.3 Å². The fraction of sp³-hybridized carbons (Fsp3) is 0.611. The molecule has 0 radical (unpaired) electrons. The van der Waals surface area contributed by atoms with E-state index in [1.807, 2.05) is 32.0 Å². The van der Waals surface area contributed by atoms with E-state index >= 15 is 0 Å². The third-order valence-corrected chi connectivity index (χ3v) is 4.62. The number of nitrogens with zero attached hydrogens (tertiary/aromatic N) is 4. The van der Waals surface area contributed by atoms with Gasteiger partial charge in [-0.05, 0) is 44.9 Å². The molecule has 2 rings (SSSR count). The molecule has 1 aromatic rings. The number of anilines is 1. The van der Waals surface area contributed by atoms with Crippen molar-refractivity contribution in [3.8, 4) is 6.07 Å². The van der Waals surface area contributed by atoms with Crippen LogP contribution in [-0.2, 0) is 4.79 Å². The highest BCUT2D eigenvalue weighted by Gasteiger charge is 2.30. The molecule has 1 fully saturated rings. The van der Waals surface area contributed by atoms with Crippen molar-refractivity contribution in [2.75, 3.05) is 38.5 Å². The van der Waals surface area contributed by atoms with Crippen LogP contribution in [-0.4, -0.2) is 60.0 Å². The first kappa shape index (κ1) is 18.2. The van der Waals surface area contributed by atoms with Gasteiger partial charge in [0.25, 0.3) is 0 Å². The summed E-state index contributed by atoms with van der Waals surface area (Å²) in [7, 11) is 1.77. The fourth-order valence-corrected chi connectivity index (χ4v) is 3.07. The van der Waals surface area contributed by atoms with Crippen molar-refractivity contribution in [1.29, 1.82) is 5.26 Å². The number of hydrogen-bond acceptors (Lipinski definition) is 5. The summed E-state index contributed by atoms with van der Waals surface area (Å²) >= 11 is 0. The van der Waals surface area contributed by atoms with Crippen molar-refractivity contribution < 1.29 is 4.79 Å². The van der Waals surface area contributed by atoms with Gasteiger partial charge in [0, 0.05) is 32.4 Å². The molecule has 2 heterocycles. The summed E-state index contributed by atoms with van der Waals surface area (Å²) < 4.78 is 0. The smallest absolute Gasteiger partial charge is 0.239 e. The van der Waals surface area contributed by atoms with Crippen LogP contribution in [0.25, 0.3) is 0 Å². The monoisotopic (exact) mass is 329 g/mol. The van der Waals surface area contributed by atoms with E-state index in [4.69, 9.17) is 5.26 Å². The van der Waals surface area contributed by atoms with Crippen LogP contribution >= 0.6 is 0 Å². The van der Waals surface area contributed by atoms with Gasteiger partial charge in [-0.2, -0.15) is 5.26 Å². The summed E-state index contributed by atoms with van der Waals surface area (Å²) in [5, 5.41) is 12.0. The maximum absolute atomic E-state index is 12.4. The summed E-state index contributed by atoms with van der Waals surface area (Å²) in [6, 6.07) is 7.92. The number of likely N-dealkylation sites (N-methyl/N-ethyl adjacent to an activating group) is 1. The second kappa shape index (κ2) is 8.65. The van der Waals surface area contributed by atoms with Gasteiger partial charge >= 0.3 is 0 Å². The lowest BCUT2D eigenvalue weighted by molar-refractivity contribution is -0.134. The number of rotatable bonds is 7. The Balaban J connectivity index is 1.79. The summed E-state index contributed by atoms with van der Waals surface area (Å²) in [6.07, 6.45) is 1.46. The van der Waals surface area contributed by atoms with Crippen molar-refractivity contribution in [1.82, 2.24) is 14.8 Å². The van der Waals surface area contributed by atoms with Crippen LogP contribution in [0, 0.1) is 24.2 Å². The van der Waals surface area contributed by atoms with E-state index in [0.717, 1.165) is 37.6 Å². The van der Waals surface area contributed by atoms with Crippen LogP contribution in [0.1, 0.15) is 25.5 Å². The van der Waals surface area contributed by atoms with Gasteiger partial charge < -0.3 is 10.2 Å². The predicted octanol–water partition coefficient (Wildman–Crippen LogP) is 1.88. The van der Waals surface area contributed by atoms with Crippen molar-refractivity contribution >= 4 is 11.7 Å². The Hall–Kier alpha value is -2.13. The van der Waals surface area contributed by atoms with Crippen molar-refractivity contribution in [2.24, 2.45) is 5.92 Å². The summed E-state index contributed by atoms with van der Waals surface area (Å²) in [6.45, 7) is 7.17. The molecule has 0 saturated carbocycles. The number of nitriles is 1. The zero-order valence-corrected chi connectivity index (χ0v) is 14.8. The Morgan fingerprint density at radius 2 is 2.38 bits per heavy atom. The minimum absolute atomic E-state index is 0.0965. The number of pyridine rings is 1. The van der Waals surface area contributed by atoms with Gasteiger partial charge in [0.2, 0.25) is 5.91 Å². The van der Waals surface area contributed by atoms with Crippen LogP contribution in [0.5, 0.6) is 0 Å². The van der Waals surface area contributed by atoms with Gasteiger partial charge in [-0.25, -0.2) is 4.98 Å². The average Bonchev–Trinajstić information content (AvgIpc) is 3.05. The van der Waals surface area contributed by atoms with Gasteiger partial charge in [-0.15, -0.1) is 0 Å². The summed E-state index contributed by atoms with van der Waals surface area (Å²) in [4.78, 5) is 20.8. The molecule has 1 saturated heterocycles. The number of carbonyl (C=O) groups is 1. The van der Waals surface area contributed by atoms with E-state index in [2.05, 4.69) is 21.3 Å². The van der Waals surface area contributed by atoms with Gasteiger partial charge in [-0.1, -0.05) is 6.07 Å². The minimum atomic E-state index is -0.129. The van der Waals surface area contributed by atoms with Crippen LogP contribution in [0.4, 0.5) is 5.82 Å². The third-order valence-electron chi connectivity index (χ3n) is 4.62. The maximum atomic E-state index is 12.4. The molecule has 2 unspecified atom stereocenters. The quantitative estimate of drug-likeness (QED) is 0.827. The van der Waals surface area contributed by atoms with Crippen LogP contribution in [0.3, 0.4) is 0 Å². The highest BCUT2D eigenvalue weighted by Crippen LogP contribution is 2.20. The molecule has 24 heavy (non-hydrogen) atoms. The van der Waals surface area contributed by atoms with Gasteiger partial charge in [0.15, 0.2) is 0 Å². The molecule has 0 bridgehead atoms. The molecule has 0 aromatic carbocycles. The Kier molecular flexibility index (Phi) is 6.56. The molecule has 0 spiro atoms. The number of nitrogens with one attached hydrogen (secondary N) is 1. The second-order valence-electron chi connectivity index (χ2n) is 6.54. The highest BCUT2D eigenvalue weighted by atomic mass is 16.2. The lowest BCUT2D eigenvalue weighted by atomic mass is 10.1. The standard InChI is InChI=1S/C18H27N5O/c1-14-6-4-7-17(21-14)20-12-16-8-11-23(13-16)15(2)18(24)22(3)10-5-9-19/h4,6-7,15-16H,5,8,10-13H2,1-3H3,(H,20,21). The van der Waals surface area contributed by atoms with Crippen LogP contribution in [0.15, 0.2) is 18.2 Å². The molecule has 1 aliphatic heterocycles. The molecule has 2 atom stereocenters. The Morgan fingerprint density at radius 3 is 3.08 bits per heavy atom. The Morgan fingerprint density at radius 1 is 1.58 bits per heavy atom. The number of amides is 1. The van der Waals surface area contributed by atoms with Crippen LogP contribution < -0.4 is 5.32 Å². The first-order chi connectivity index (χ1) is 11.5. The van der Waals surface area contributed by atoms with E-state index in [9.17, 15) is 4.79 Å². The largest absolute Gasteiger partial charge is 0.370 e. The summed E-state index contributed by atoms with van der Waals surface area (Å²) in [5.41, 5.74) is 1.01. The molecule has 1 N–H and O–H groups in total.